The number of fused-ring (bicyclic) bond motifs is 1. The predicted octanol–water partition coefficient (Wildman–Crippen LogP) is 1.04. The van der Waals surface area contributed by atoms with E-state index in [2.05, 4.69) is 10.2 Å². The monoisotopic (exact) mass is 126 g/mol. The van der Waals surface area contributed by atoms with Crippen molar-refractivity contribution in [2.24, 2.45) is 0 Å². The van der Waals surface area contributed by atoms with Gasteiger partial charge in [-0.05, 0) is 19.3 Å². The van der Waals surface area contributed by atoms with Crippen LogP contribution in [0.25, 0.3) is 0 Å². The summed E-state index contributed by atoms with van der Waals surface area (Å²) in [5.41, 5.74) is 1.79. The van der Waals surface area contributed by atoms with Crippen molar-refractivity contribution >= 4 is 0 Å². The number of hydrogen-bond donors (Lipinski definition) is 1. The highest BCUT2D eigenvalue weighted by Crippen LogP contribution is 2.20. The Kier molecular flexibility index (Phi) is 0.860. The number of aromatic nitrogens is 2. The zero-order chi connectivity index (χ0) is 6.27. The predicted molar refractivity (Wildman–Crippen MR) is 30.6 cm³/mol. The van der Waals surface area contributed by atoms with Crippen LogP contribution in [0.15, 0.2) is 0 Å². The Morgan fingerprint density at radius 2 is 2.33 bits per heavy atom. The number of aromatic amines is 1. The molecule has 9 heavy (non-hydrogen) atoms. The molecule has 2 nitrogen and oxygen atoms in total. The van der Waals surface area contributed by atoms with Gasteiger partial charge in [-0.15, -0.1) is 5.10 Å². The Hall–Kier alpha value is -0.860. The molecule has 0 aromatic carbocycles. The van der Waals surface area contributed by atoms with Crippen molar-refractivity contribution in [3.05, 3.63) is 17.2 Å². The molecule has 0 fully saturated rings. The molecule has 0 aliphatic heterocycles. The summed E-state index contributed by atoms with van der Waals surface area (Å²) in [6, 6.07) is 0. The first kappa shape index (κ1) is 4.97. The van der Waals surface area contributed by atoms with E-state index in [-0.39, 0.29) is 5.95 Å². The lowest BCUT2D eigenvalue weighted by atomic mass is 10.3. The summed E-state index contributed by atoms with van der Waals surface area (Å²) in [5, 5.41) is 6.11. The number of rotatable bonds is 0. The van der Waals surface area contributed by atoms with Gasteiger partial charge < -0.3 is 0 Å². The van der Waals surface area contributed by atoms with Crippen molar-refractivity contribution in [3.8, 4) is 0 Å². The molecule has 0 unspecified atom stereocenters. The second kappa shape index (κ2) is 1.56. The molecule has 1 aromatic rings. The van der Waals surface area contributed by atoms with Crippen molar-refractivity contribution in [1.82, 2.24) is 10.2 Å². The fraction of sp³-hybridized carbons (Fsp3) is 0.500. The summed E-state index contributed by atoms with van der Waals surface area (Å²) in [4.78, 5) is 0. The standard InChI is InChI=1S/C6H7FN2/c7-6-4-2-1-3-5(4)8-9-6/h1-3H2,(H,8,9). The third-order valence-corrected chi connectivity index (χ3v) is 1.76. The maximum Gasteiger partial charge on any atom is 0.235 e. The summed E-state index contributed by atoms with van der Waals surface area (Å²) in [6.45, 7) is 0. The second-order valence-electron chi connectivity index (χ2n) is 2.33. The topological polar surface area (TPSA) is 28.7 Å². The lowest BCUT2D eigenvalue weighted by molar-refractivity contribution is 0.564. The maximum atomic E-state index is 12.5. The highest BCUT2D eigenvalue weighted by molar-refractivity contribution is 5.22. The van der Waals surface area contributed by atoms with Crippen LogP contribution in [-0.2, 0) is 12.8 Å². The van der Waals surface area contributed by atoms with Crippen LogP contribution in [0, 0.1) is 5.95 Å². The number of nitrogens with zero attached hydrogens (tertiary/aromatic N) is 1. The van der Waals surface area contributed by atoms with Crippen molar-refractivity contribution in [2.75, 3.05) is 0 Å². The summed E-state index contributed by atoms with van der Waals surface area (Å²) in [7, 11) is 0. The van der Waals surface area contributed by atoms with E-state index in [1.807, 2.05) is 0 Å². The molecule has 1 aliphatic carbocycles. The molecule has 0 spiro atoms. The number of nitrogens with one attached hydrogen (secondary N) is 1. The lowest BCUT2D eigenvalue weighted by Crippen LogP contribution is -1.80. The highest BCUT2D eigenvalue weighted by Gasteiger charge is 2.17. The highest BCUT2D eigenvalue weighted by atomic mass is 19.1. The van der Waals surface area contributed by atoms with Crippen LogP contribution < -0.4 is 0 Å². The van der Waals surface area contributed by atoms with Gasteiger partial charge in [0.25, 0.3) is 0 Å². The van der Waals surface area contributed by atoms with Gasteiger partial charge in [0.1, 0.15) is 0 Å². The van der Waals surface area contributed by atoms with Crippen molar-refractivity contribution < 1.29 is 4.39 Å². The number of halogens is 1. The van der Waals surface area contributed by atoms with Gasteiger partial charge in [-0.3, -0.25) is 5.10 Å². The Balaban J connectivity index is 2.56. The van der Waals surface area contributed by atoms with Gasteiger partial charge in [0.05, 0.1) is 0 Å². The molecule has 48 valence electrons. The zero-order valence-corrected chi connectivity index (χ0v) is 4.95. The normalized spacial score (nSPS) is 16.1. The zero-order valence-electron chi connectivity index (χ0n) is 4.95. The molecule has 1 aliphatic rings. The number of H-pyrrole nitrogens is 1. The third-order valence-electron chi connectivity index (χ3n) is 1.76. The first-order valence-corrected chi connectivity index (χ1v) is 3.09. The van der Waals surface area contributed by atoms with E-state index in [1.165, 1.54) is 0 Å². The Labute approximate surface area is 52.1 Å². The van der Waals surface area contributed by atoms with Gasteiger partial charge in [-0.2, -0.15) is 4.39 Å². The molecule has 1 heterocycles. The molecule has 0 amide bonds. The fourth-order valence-electron chi connectivity index (χ4n) is 1.28. The average Bonchev–Trinajstić information content (AvgIpc) is 2.35. The lowest BCUT2D eigenvalue weighted by Gasteiger charge is -1.81. The molecular formula is C6H7FN2. The second-order valence-corrected chi connectivity index (χ2v) is 2.33. The van der Waals surface area contributed by atoms with Crippen LogP contribution >= 0.6 is 0 Å². The quantitative estimate of drug-likeness (QED) is 0.552. The molecule has 2 rings (SSSR count). The third kappa shape index (κ3) is 0.573. The molecule has 0 saturated carbocycles. The SMILES string of the molecule is Fc1n[nH]c2c1CCC2. The average molecular weight is 126 g/mol. The van der Waals surface area contributed by atoms with Gasteiger partial charge in [-0.25, -0.2) is 0 Å². The van der Waals surface area contributed by atoms with E-state index in [0.29, 0.717) is 0 Å². The smallest absolute Gasteiger partial charge is 0.235 e. The van der Waals surface area contributed by atoms with Gasteiger partial charge >= 0.3 is 0 Å². The van der Waals surface area contributed by atoms with Crippen molar-refractivity contribution in [2.45, 2.75) is 19.3 Å². The molecular weight excluding hydrogens is 119 g/mol. The van der Waals surface area contributed by atoms with E-state index in [9.17, 15) is 4.39 Å². The minimum absolute atomic E-state index is 0.303. The van der Waals surface area contributed by atoms with E-state index in [0.717, 1.165) is 30.5 Å². The van der Waals surface area contributed by atoms with Crippen LogP contribution in [0.5, 0.6) is 0 Å². The van der Waals surface area contributed by atoms with E-state index >= 15 is 0 Å². The first-order valence-electron chi connectivity index (χ1n) is 3.09. The molecule has 1 aromatic heterocycles. The van der Waals surface area contributed by atoms with E-state index < -0.39 is 0 Å². The van der Waals surface area contributed by atoms with Crippen LogP contribution in [0.1, 0.15) is 17.7 Å². The molecule has 0 atom stereocenters. The summed E-state index contributed by atoms with van der Waals surface area (Å²) >= 11 is 0. The van der Waals surface area contributed by atoms with Crippen LogP contribution in [-0.4, -0.2) is 10.2 Å². The summed E-state index contributed by atoms with van der Waals surface area (Å²) < 4.78 is 12.5. The van der Waals surface area contributed by atoms with Crippen molar-refractivity contribution in [1.29, 1.82) is 0 Å². The molecule has 3 heteroatoms. The Morgan fingerprint density at radius 1 is 1.44 bits per heavy atom. The van der Waals surface area contributed by atoms with Gasteiger partial charge in [0, 0.05) is 11.3 Å². The van der Waals surface area contributed by atoms with Gasteiger partial charge in [0.2, 0.25) is 5.95 Å². The van der Waals surface area contributed by atoms with Gasteiger partial charge in [0.15, 0.2) is 0 Å². The Bertz CT molecular complexity index is 229. The van der Waals surface area contributed by atoms with Crippen LogP contribution in [0.2, 0.25) is 0 Å². The van der Waals surface area contributed by atoms with Crippen LogP contribution in [0.3, 0.4) is 0 Å². The van der Waals surface area contributed by atoms with E-state index in [4.69, 9.17) is 0 Å². The number of aryl methyl sites for hydroxylation is 1. The van der Waals surface area contributed by atoms with Gasteiger partial charge in [-0.1, -0.05) is 0 Å². The largest absolute Gasteiger partial charge is 0.279 e. The minimum atomic E-state index is -0.303. The fourth-order valence-corrected chi connectivity index (χ4v) is 1.28. The van der Waals surface area contributed by atoms with Crippen molar-refractivity contribution in [3.63, 3.8) is 0 Å². The summed E-state index contributed by atoms with van der Waals surface area (Å²) in [5.74, 6) is -0.303. The number of hydrogen-bond acceptors (Lipinski definition) is 1. The maximum absolute atomic E-state index is 12.5. The Morgan fingerprint density at radius 3 is 3.11 bits per heavy atom. The molecule has 0 saturated heterocycles. The van der Waals surface area contributed by atoms with E-state index in [1.54, 1.807) is 0 Å². The summed E-state index contributed by atoms with van der Waals surface area (Å²) in [6.07, 6.45) is 2.89. The molecule has 0 bridgehead atoms. The van der Waals surface area contributed by atoms with Crippen LogP contribution in [0.4, 0.5) is 4.39 Å². The first-order chi connectivity index (χ1) is 4.38. The minimum Gasteiger partial charge on any atom is -0.279 e. The molecule has 1 N–H and O–H groups in total. The molecule has 0 radical (unpaired) electrons.